The molecule has 0 amide bonds. The van der Waals surface area contributed by atoms with Crippen LogP contribution in [0.5, 0.6) is 0 Å². The predicted octanol–water partition coefficient (Wildman–Crippen LogP) is -1.36. The van der Waals surface area contributed by atoms with Crippen molar-refractivity contribution in [3.05, 3.63) is 0 Å². The molecule has 0 unspecified atom stereocenters. The zero-order chi connectivity index (χ0) is 5.21. The van der Waals surface area contributed by atoms with E-state index in [0.717, 1.165) is 0 Å². The Morgan fingerprint density at radius 1 is 1.50 bits per heavy atom. The summed E-state index contributed by atoms with van der Waals surface area (Å²) >= 11 is 0.388. The normalized spacial score (nSPS) is 8.62. The van der Waals surface area contributed by atoms with Gasteiger partial charge < -0.3 is 0 Å². The fraction of sp³-hybridized carbons (Fsp3) is 0. The van der Waals surface area contributed by atoms with Gasteiger partial charge in [0.05, 0.1) is 0 Å². The maximum absolute atomic E-state index is 9.49. The zero-order valence-electron chi connectivity index (χ0n) is 2.97. The molecule has 0 fully saturated rings. The van der Waals surface area contributed by atoms with Gasteiger partial charge in [0.1, 0.15) is 0 Å². The summed E-state index contributed by atoms with van der Waals surface area (Å²) in [5.74, 6) is 0. The first-order valence-corrected chi connectivity index (χ1v) is 3.50. The molecule has 0 atom stereocenters. The van der Waals surface area contributed by atoms with E-state index in [1.54, 1.807) is 0 Å². The van der Waals surface area contributed by atoms with Crippen LogP contribution in [-0.2, 0) is 48.8 Å². The van der Waals surface area contributed by atoms with Crippen molar-refractivity contribution < 1.29 is 58.6 Å². The third-order valence-corrected chi connectivity index (χ3v) is 2.11. The molecule has 8 heavy (non-hydrogen) atoms. The first kappa shape index (κ1) is 17.2. The third kappa shape index (κ3) is 16.0. The minimum Gasteiger partial charge on any atom is 0 e. The average molecular weight is 386 g/mol. The molecule has 0 aromatic rings. The van der Waals surface area contributed by atoms with Crippen molar-refractivity contribution in [3.63, 3.8) is 0 Å². The van der Waals surface area contributed by atoms with E-state index < -0.39 is 7.82 Å². The predicted molar refractivity (Wildman–Crippen MR) is 21.7 cm³/mol. The van der Waals surface area contributed by atoms with Crippen molar-refractivity contribution >= 4 is 56.7 Å². The van der Waals surface area contributed by atoms with Crippen molar-refractivity contribution in [1.82, 2.24) is 0 Å². The molecular weight excluding hydrogens is 382 g/mol. The Kier molecular flexibility index (Phi) is 17.6. The third-order valence-electron chi connectivity index (χ3n) is 0.119. The molecule has 2 N–H and O–H groups in total. The quantitative estimate of drug-likeness (QED) is 0.432. The van der Waals surface area contributed by atoms with Gasteiger partial charge in [-0.15, -0.1) is 0 Å². The van der Waals surface area contributed by atoms with Crippen molar-refractivity contribution in [2.75, 3.05) is 0 Å². The largest absolute Gasteiger partial charge is 0 e. The Balaban J connectivity index is -0.000000125. The molecule has 8 heteroatoms. The molecule has 49 valence electrons. The van der Waals surface area contributed by atoms with Gasteiger partial charge in [-0.05, 0) is 0 Å². The van der Waals surface area contributed by atoms with Crippen molar-refractivity contribution in [3.8, 4) is 0 Å². The zero-order valence-corrected chi connectivity index (χ0v) is 7.31. The summed E-state index contributed by atoms with van der Waals surface area (Å²) < 4.78 is 13.2. The van der Waals surface area contributed by atoms with Gasteiger partial charge in [-0.2, -0.15) is 0 Å². The second-order valence-corrected chi connectivity index (χ2v) is 3.09. The van der Waals surface area contributed by atoms with E-state index in [1.165, 1.54) is 0 Å². The van der Waals surface area contributed by atoms with Gasteiger partial charge >= 0.3 is 98.8 Å². The molecule has 0 aliphatic rings. The molecular formula is H4BaNiO4PZr. The van der Waals surface area contributed by atoms with Crippen LogP contribution in [0.4, 0.5) is 0 Å². The standard InChI is InChI=1S/Ba.Ni.H3O4P.Zr.2H/c;;1-5(2,3)4;;;/h;;(H3,1,2,3,4);;;/q;;;+1;;/p-1. The number of hydrogen-bond donors (Lipinski definition) is 2. The minimum absolute atomic E-state index is 0. The Hall–Kier alpha value is 3.06. The van der Waals surface area contributed by atoms with E-state index in [-0.39, 0.29) is 65.4 Å². The summed E-state index contributed by atoms with van der Waals surface area (Å²) in [7, 11) is -4.11. The van der Waals surface area contributed by atoms with E-state index in [4.69, 9.17) is 9.79 Å². The van der Waals surface area contributed by atoms with Gasteiger partial charge in [0.15, 0.2) is 0 Å². The Morgan fingerprint density at radius 2 is 1.62 bits per heavy atom. The maximum Gasteiger partial charge on any atom is 0 e. The summed E-state index contributed by atoms with van der Waals surface area (Å²) in [5, 5.41) is 0. The minimum atomic E-state index is -4.11. The van der Waals surface area contributed by atoms with Gasteiger partial charge in [0, 0.05) is 16.5 Å². The smallest absolute Gasteiger partial charge is 0 e. The van der Waals surface area contributed by atoms with Crippen molar-refractivity contribution in [2.24, 2.45) is 0 Å². The second kappa shape index (κ2) is 8.16. The van der Waals surface area contributed by atoms with Crippen LogP contribution in [-0.4, -0.2) is 58.7 Å². The molecule has 4 nitrogen and oxygen atoms in total. The number of rotatable bonds is 1. The molecule has 0 aliphatic carbocycles. The van der Waals surface area contributed by atoms with Crippen LogP contribution in [0.15, 0.2) is 0 Å². The van der Waals surface area contributed by atoms with Gasteiger partial charge in [-0.25, -0.2) is 0 Å². The van der Waals surface area contributed by atoms with E-state index in [0.29, 0.717) is 25.2 Å². The molecule has 0 aromatic heterocycles. The fourth-order valence-electron chi connectivity index (χ4n) is 0. The molecule has 0 heterocycles. The molecule has 0 aromatic carbocycles. The number of phosphoric acid groups is 1. The Bertz CT molecular complexity index is 80.1. The van der Waals surface area contributed by atoms with Crippen molar-refractivity contribution in [2.45, 2.75) is 0 Å². The van der Waals surface area contributed by atoms with Crippen LogP contribution in [0, 0.1) is 0 Å². The SMILES string of the molecule is O=P(O)(O)[O][Zr].[BaH2].[Ni]. The van der Waals surface area contributed by atoms with Crippen LogP contribution < -0.4 is 0 Å². The van der Waals surface area contributed by atoms with Crippen LogP contribution in [0.25, 0.3) is 0 Å². The van der Waals surface area contributed by atoms with Crippen LogP contribution in [0.3, 0.4) is 0 Å². The summed E-state index contributed by atoms with van der Waals surface area (Å²) in [5.41, 5.74) is 0. The topological polar surface area (TPSA) is 66.8 Å². The molecule has 0 radical (unpaired) electrons. The van der Waals surface area contributed by atoms with Gasteiger partial charge in [0.2, 0.25) is 0 Å². The summed E-state index contributed by atoms with van der Waals surface area (Å²) in [6.45, 7) is 0. The molecule has 0 rings (SSSR count). The van der Waals surface area contributed by atoms with Gasteiger partial charge in [-0.1, -0.05) is 0 Å². The first-order valence-electron chi connectivity index (χ1n) is 0.969. The Labute approximate surface area is 113 Å². The number of hydrogen-bond acceptors (Lipinski definition) is 2. The molecule has 0 aliphatic heterocycles. The average Bonchev–Trinajstić information content (AvgIpc) is 1.35. The van der Waals surface area contributed by atoms with Crippen LogP contribution >= 0.6 is 7.82 Å². The first-order chi connectivity index (χ1) is 2.56. The van der Waals surface area contributed by atoms with Crippen LogP contribution in [0.2, 0.25) is 0 Å². The fourth-order valence-corrected chi connectivity index (χ4v) is 0. The van der Waals surface area contributed by atoms with Crippen molar-refractivity contribution in [1.29, 1.82) is 0 Å². The molecule has 0 saturated heterocycles. The second-order valence-electron chi connectivity index (χ2n) is 0.582. The van der Waals surface area contributed by atoms with E-state index in [9.17, 15) is 4.57 Å². The summed E-state index contributed by atoms with van der Waals surface area (Å²) in [6, 6.07) is 0. The van der Waals surface area contributed by atoms with Gasteiger partial charge in [-0.3, -0.25) is 0 Å². The Morgan fingerprint density at radius 3 is 1.62 bits per heavy atom. The molecule has 0 bridgehead atoms. The molecule has 0 spiro atoms. The summed E-state index contributed by atoms with van der Waals surface area (Å²) in [6.07, 6.45) is 0. The van der Waals surface area contributed by atoms with E-state index in [1.807, 2.05) is 0 Å². The van der Waals surface area contributed by atoms with Crippen LogP contribution in [0.1, 0.15) is 0 Å². The summed E-state index contributed by atoms with van der Waals surface area (Å²) in [4.78, 5) is 15.5. The molecule has 0 saturated carbocycles. The monoisotopic (exact) mass is 385 g/mol. The van der Waals surface area contributed by atoms with E-state index in [2.05, 4.69) is 2.60 Å². The van der Waals surface area contributed by atoms with Gasteiger partial charge in [0.25, 0.3) is 0 Å². The van der Waals surface area contributed by atoms with E-state index >= 15 is 0 Å². The maximum atomic E-state index is 9.49.